The number of rotatable bonds is 6. The van der Waals surface area contributed by atoms with Crippen molar-refractivity contribution in [1.82, 2.24) is 9.97 Å². The molecule has 0 saturated heterocycles. The third-order valence-electron chi connectivity index (χ3n) is 6.09. The summed E-state index contributed by atoms with van der Waals surface area (Å²) in [6, 6.07) is 5.07. The van der Waals surface area contributed by atoms with Gasteiger partial charge in [-0.05, 0) is 65.0 Å². The fourth-order valence-corrected chi connectivity index (χ4v) is 4.02. The molecule has 0 bridgehead atoms. The van der Waals surface area contributed by atoms with Crippen LogP contribution >= 0.6 is 0 Å². The largest absolute Gasteiger partial charge is 0.497 e. The lowest BCUT2D eigenvalue weighted by molar-refractivity contribution is -0.149. The molecule has 1 aliphatic heterocycles. The van der Waals surface area contributed by atoms with E-state index in [0.717, 1.165) is 5.71 Å². The van der Waals surface area contributed by atoms with E-state index in [2.05, 4.69) is 0 Å². The highest BCUT2D eigenvalue weighted by atomic mass is 16.6. The zero-order chi connectivity index (χ0) is 27.1. The Balaban J connectivity index is 1.99. The Hall–Kier alpha value is -4.01. The average Bonchev–Trinajstić information content (AvgIpc) is 3.24. The van der Waals surface area contributed by atoms with E-state index in [1.807, 2.05) is 52.6 Å². The number of esters is 2. The first-order valence-electron chi connectivity index (χ1n) is 12.1. The third kappa shape index (κ3) is 5.12. The molecule has 2 aromatic rings. The van der Waals surface area contributed by atoms with Gasteiger partial charge >= 0.3 is 11.9 Å². The Morgan fingerprint density at radius 3 is 2.41 bits per heavy atom. The van der Waals surface area contributed by atoms with E-state index in [4.69, 9.17) is 29.2 Å². The second kappa shape index (κ2) is 9.80. The van der Waals surface area contributed by atoms with Crippen LogP contribution in [0.5, 0.6) is 0 Å². The fourth-order valence-electron chi connectivity index (χ4n) is 4.02. The zero-order valence-corrected chi connectivity index (χ0v) is 22.5. The average molecular weight is 505 g/mol. The lowest BCUT2D eigenvalue weighted by atomic mass is 9.95. The Morgan fingerprint density at radius 1 is 1.05 bits per heavy atom. The SMILES string of the molecule is COC(=O)c1ccc2nc(C3=C(C(=O)OC(C)(C)C)C4=CC(OC)=CCC4=N3)c(N(C)C(C)C)nc2c1. The molecule has 0 spiro atoms. The molecule has 0 radical (unpaired) electrons. The van der Waals surface area contributed by atoms with Crippen molar-refractivity contribution in [2.24, 2.45) is 4.99 Å². The second-order valence-electron chi connectivity index (χ2n) is 10.2. The minimum Gasteiger partial charge on any atom is -0.497 e. The Labute approximate surface area is 216 Å². The van der Waals surface area contributed by atoms with Crippen LogP contribution in [-0.2, 0) is 19.0 Å². The number of ether oxygens (including phenoxy) is 3. The van der Waals surface area contributed by atoms with E-state index < -0.39 is 17.5 Å². The van der Waals surface area contributed by atoms with Crippen molar-refractivity contribution < 1.29 is 23.8 Å². The van der Waals surface area contributed by atoms with Crippen LogP contribution in [0.3, 0.4) is 0 Å². The number of fused-ring (bicyclic) bond motifs is 2. The minimum absolute atomic E-state index is 0.0668. The maximum absolute atomic E-state index is 13.6. The van der Waals surface area contributed by atoms with Crippen LogP contribution < -0.4 is 4.90 Å². The summed E-state index contributed by atoms with van der Waals surface area (Å²) in [5.41, 5.74) is 3.32. The van der Waals surface area contributed by atoms with Crippen LogP contribution in [0.15, 0.2) is 52.2 Å². The molecule has 9 heteroatoms. The number of benzene rings is 1. The van der Waals surface area contributed by atoms with E-state index in [-0.39, 0.29) is 6.04 Å². The highest BCUT2D eigenvalue weighted by molar-refractivity contribution is 6.23. The van der Waals surface area contributed by atoms with Crippen molar-refractivity contribution >= 4 is 40.2 Å². The third-order valence-corrected chi connectivity index (χ3v) is 6.09. The van der Waals surface area contributed by atoms with E-state index >= 15 is 0 Å². The highest BCUT2D eigenvalue weighted by Crippen LogP contribution is 2.40. The van der Waals surface area contributed by atoms with Crippen molar-refractivity contribution in [3.8, 4) is 0 Å². The predicted octanol–water partition coefficient (Wildman–Crippen LogP) is 4.63. The van der Waals surface area contributed by atoms with Crippen molar-refractivity contribution in [2.45, 2.75) is 52.7 Å². The minimum atomic E-state index is -0.704. The molecule has 0 amide bonds. The quantitative estimate of drug-likeness (QED) is 0.525. The number of aliphatic imine (C=N–C) groups is 1. The number of hydrogen-bond donors (Lipinski definition) is 0. The second-order valence-corrected chi connectivity index (χ2v) is 10.2. The molecule has 1 aromatic heterocycles. The van der Waals surface area contributed by atoms with E-state index in [1.54, 1.807) is 31.4 Å². The molecule has 194 valence electrons. The normalized spacial score (nSPS) is 15.2. The molecule has 0 saturated carbocycles. The summed E-state index contributed by atoms with van der Waals surface area (Å²) in [6.07, 6.45) is 4.22. The van der Waals surface area contributed by atoms with Gasteiger partial charge in [-0.3, -0.25) is 0 Å². The summed E-state index contributed by atoms with van der Waals surface area (Å²) >= 11 is 0. The van der Waals surface area contributed by atoms with Crippen LogP contribution in [0.1, 0.15) is 57.1 Å². The van der Waals surface area contributed by atoms with Gasteiger partial charge in [0.2, 0.25) is 0 Å². The molecule has 1 aliphatic carbocycles. The summed E-state index contributed by atoms with van der Waals surface area (Å²) in [7, 11) is 4.83. The monoisotopic (exact) mass is 504 g/mol. The number of nitrogens with zero attached hydrogens (tertiary/aromatic N) is 4. The van der Waals surface area contributed by atoms with Crippen LogP contribution in [-0.4, -0.2) is 60.5 Å². The van der Waals surface area contributed by atoms with Crippen molar-refractivity contribution in [3.05, 3.63) is 58.5 Å². The standard InChI is InChI=1S/C28H32N4O5/c1-15(2)32(6)25-24(30-20-11-9-16(26(33)36-8)13-21(20)31-25)23-22(27(34)37-28(3,4)5)18-14-17(35-7)10-12-19(18)29-23/h9-11,13-15H,12H2,1-8H3. The number of methoxy groups -OCH3 is 2. The van der Waals surface area contributed by atoms with Gasteiger partial charge in [0.05, 0.1) is 42.1 Å². The number of hydrogen-bond acceptors (Lipinski definition) is 9. The molecule has 0 atom stereocenters. The molecule has 0 unspecified atom stereocenters. The molecular formula is C28H32N4O5. The molecule has 0 fully saturated rings. The fraction of sp³-hybridized carbons (Fsp3) is 0.393. The van der Waals surface area contributed by atoms with E-state index in [0.29, 0.717) is 57.1 Å². The number of anilines is 1. The highest BCUT2D eigenvalue weighted by Gasteiger charge is 2.36. The summed E-state index contributed by atoms with van der Waals surface area (Å²) in [4.78, 5) is 42.3. The van der Waals surface area contributed by atoms with Gasteiger partial charge in [-0.2, -0.15) is 0 Å². The first-order valence-corrected chi connectivity index (χ1v) is 12.1. The smallest absolute Gasteiger partial charge is 0.341 e. The van der Waals surface area contributed by atoms with Gasteiger partial charge in [-0.25, -0.2) is 24.5 Å². The predicted molar refractivity (Wildman–Crippen MR) is 142 cm³/mol. The molecule has 2 aliphatic rings. The molecule has 0 N–H and O–H groups in total. The lowest BCUT2D eigenvalue weighted by Crippen LogP contribution is -2.28. The van der Waals surface area contributed by atoms with Gasteiger partial charge < -0.3 is 19.1 Å². The van der Waals surface area contributed by atoms with Crippen LogP contribution in [0.25, 0.3) is 16.7 Å². The lowest BCUT2D eigenvalue weighted by Gasteiger charge is -2.25. The van der Waals surface area contributed by atoms with Gasteiger partial charge in [0.25, 0.3) is 0 Å². The Morgan fingerprint density at radius 2 is 1.78 bits per heavy atom. The summed E-state index contributed by atoms with van der Waals surface area (Å²) < 4.78 is 16.1. The zero-order valence-electron chi connectivity index (χ0n) is 22.5. The van der Waals surface area contributed by atoms with Crippen LogP contribution in [0.2, 0.25) is 0 Å². The maximum Gasteiger partial charge on any atom is 0.341 e. The summed E-state index contributed by atoms with van der Waals surface area (Å²) in [5.74, 6) is 0.229. The van der Waals surface area contributed by atoms with E-state index in [1.165, 1.54) is 7.11 Å². The molecule has 4 rings (SSSR count). The molecule has 1 aromatic carbocycles. The first-order chi connectivity index (χ1) is 17.4. The van der Waals surface area contributed by atoms with Gasteiger partial charge in [-0.15, -0.1) is 0 Å². The van der Waals surface area contributed by atoms with Gasteiger partial charge in [0, 0.05) is 25.1 Å². The van der Waals surface area contributed by atoms with Crippen LogP contribution in [0, 0.1) is 0 Å². The van der Waals surface area contributed by atoms with Crippen LogP contribution in [0.4, 0.5) is 5.82 Å². The van der Waals surface area contributed by atoms with Crippen molar-refractivity contribution in [3.63, 3.8) is 0 Å². The van der Waals surface area contributed by atoms with Crippen molar-refractivity contribution in [1.29, 1.82) is 0 Å². The first kappa shape index (κ1) is 26.1. The molecule has 2 heterocycles. The van der Waals surface area contributed by atoms with Gasteiger partial charge in [0.15, 0.2) is 5.82 Å². The number of carbonyl (C=O) groups excluding carboxylic acids is 2. The molecule has 37 heavy (non-hydrogen) atoms. The van der Waals surface area contributed by atoms with Gasteiger partial charge in [0.1, 0.15) is 22.8 Å². The Kier molecular flexibility index (Phi) is 6.90. The summed E-state index contributed by atoms with van der Waals surface area (Å²) in [5, 5.41) is 0. The topological polar surface area (TPSA) is 103 Å². The molecule has 9 nitrogen and oxygen atoms in total. The number of aromatic nitrogens is 2. The summed E-state index contributed by atoms with van der Waals surface area (Å²) in [6.45, 7) is 9.53. The number of carbonyl (C=O) groups is 2. The van der Waals surface area contributed by atoms with Crippen molar-refractivity contribution in [2.75, 3.05) is 26.2 Å². The van der Waals surface area contributed by atoms with Gasteiger partial charge in [-0.1, -0.05) is 0 Å². The Bertz CT molecular complexity index is 1410. The van der Waals surface area contributed by atoms with E-state index in [9.17, 15) is 9.59 Å². The maximum atomic E-state index is 13.6. The molecular weight excluding hydrogens is 472 g/mol. The number of allylic oxidation sites excluding steroid dienone is 2.